The van der Waals surface area contributed by atoms with Gasteiger partial charge in [0.15, 0.2) is 0 Å². The van der Waals surface area contributed by atoms with Gasteiger partial charge in [-0.15, -0.1) is 0 Å². The fourth-order valence-corrected chi connectivity index (χ4v) is 3.06. The zero-order chi connectivity index (χ0) is 17.0. The largest absolute Gasteiger partial charge is 0.492 e. The van der Waals surface area contributed by atoms with Gasteiger partial charge in [0.1, 0.15) is 12.4 Å². The molecule has 24 heavy (non-hydrogen) atoms. The molecule has 1 unspecified atom stereocenters. The number of amides is 2. The van der Waals surface area contributed by atoms with Crippen molar-refractivity contribution < 1.29 is 13.7 Å². The van der Waals surface area contributed by atoms with Gasteiger partial charge >= 0.3 is 6.03 Å². The Labute approximate surface area is 144 Å². The molecule has 0 saturated carbocycles. The number of ether oxygens (including phenoxy) is 1. The number of carbonyl (C=O) groups excluding carboxylic acids is 1. The number of nitrogens with one attached hydrogen (secondary N) is 2. The highest BCUT2D eigenvalue weighted by Crippen LogP contribution is 2.07. The second kappa shape index (κ2) is 10.4. The molecule has 0 aliphatic rings. The first-order valence-corrected chi connectivity index (χ1v) is 9.31. The van der Waals surface area contributed by atoms with E-state index in [1.807, 2.05) is 60.7 Å². The van der Waals surface area contributed by atoms with Gasteiger partial charge in [0, 0.05) is 28.9 Å². The number of benzene rings is 2. The van der Waals surface area contributed by atoms with Crippen molar-refractivity contribution >= 4 is 16.8 Å². The Balaban J connectivity index is 1.52. The molecule has 5 nitrogen and oxygen atoms in total. The average Bonchev–Trinajstić information content (AvgIpc) is 2.60. The lowest BCUT2D eigenvalue weighted by Gasteiger charge is -2.09. The lowest BCUT2D eigenvalue weighted by Crippen LogP contribution is -2.39. The van der Waals surface area contributed by atoms with E-state index >= 15 is 0 Å². The summed E-state index contributed by atoms with van der Waals surface area (Å²) in [5.74, 6) is 1.72. The van der Waals surface area contributed by atoms with Crippen LogP contribution in [0.15, 0.2) is 60.7 Å². The van der Waals surface area contributed by atoms with Crippen LogP contribution in [0.5, 0.6) is 5.75 Å². The predicted molar refractivity (Wildman–Crippen MR) is 96.5 cm³/mol. The molecule has 0 bridgehead atoms. The molecular weight excluding hydrogens is 324 g/mol. The fourth-order valence-electron chi connectivity index (χ4n) is 2.02. The van der Waals surface area contributed by atoms with E-state index in [1.54, 1.807) is 0 Å². The first kappa shape index (κ1) is 18.0. The standard InChI is InChI=1S/C18H22N2O3S/c21-18(19-11-13-23-17-9-5-2-6-10-17)20-12-14-24(22)15-16-7-3-1-4-8-16/h1-10H,11-15H2,(H2,19,20,21). The summed E-state index contributed by atoms with van der Waals surface area (Å²) in [5, 5.41) is 5.40. The molecular formula is C18H22N2O3S. The topological polar surface area (TPSA) is 67.4 Å². The average molecular weight is 346 g/mol. The highest BCUT2D eigenvalue weighted by atomic mass is 32.2. The van der Waals surface area contributed by atoms with Crippen molar-refractivity contribution in [3.8, 4) is 5.75 Å². The zero-order valence-electron chi connectivity index (χ0n) is 13.4. The van der Waals surface area contributed by atoms with Gasteiger partial charge in [-0.1, -0.05) is 48.5 Å². The Kier molecular flexibility index (Phi) is 7.83. The normalized spacial score (nSPS) is 11.5. The fraction of sp³-hybridized carbons (Fsp3) is 0.278. The molecule has 0 aliphatic heterocycles. The van der Waals surface area contributed by atoms with E-state index in [0.717, 1.165) is 11.3 Å². The number of urea groups is 1. The van der Waals surface area contributed by atoms with Crippen LogP contribution in [0.25, 0.3) is 0 Å². The number of hydrogen-bond donors (Lipinski definition) is 2. The maximum Gasteiger partial charge on any atom is 0.314 e. The van der Waals surface area contributed by atoms with Crippen molar-refractivity contribution in [3.63, 3.8) is 0 Å². The molecule has 6 heteroatoms. The molecule has 0 spiro atoms. The second-order valence-corrected chi connectivity index (χ2v) is 6.69. The Morgan fingerprint density at radius 1 is 0.917 bits per heavy atom. The molecule has 2 aromatic carbocycles. The molecule has 2 amide bonds. The van der Waals surface area contributed by atoms with Crippen LogP contribution in [0.2, 0.25) is 0 Å². The van der Waals surface area contributed by atoms with E-state index < -0.39 is 10.8 Å². The number of carbonyl (C=O) groups is 1. The maximum absolute atomic E-state index is 11.9. The highest BCUT2D eigenvalue weighted by molar-refractivity contribution is 7.84. The lowest BCUT2D eigenvalue weighted by molar-refractivity contribution is 0.237. The van der Waals surface area contributed by atoms with Crippen molar-refractivity contribution in [2.75, 3.05) is 25.4 Å². The van der Waals surface area contributed by atoms with E-state index in [2.05, 4.69) is 10.6 Å². The predicted octanol–water partition coefficient (Wildman–Crippen LogP) is 2.31. The van der Waals surface area contributed by atoms with Crippen molar-refractivity contribution in [2.24, 2.45) is 0 Å². The van der Waals surface area contributed by atoms with Crippen molar-refractivity contribution in [2.45, 2.75) is 5.75 Å². The number of para-hydroxylation sites is 1. The summed E-state index contributed by atoms with van der Waals surface area (Å²) in [6.07, 6.45) is 0. The molecule has 0 aliphatic carbocycles. The summed E-state index contributed by atoms with van der Waals surface area (Å²) in [4.78, 5) is 11.6. The van der Waals surface area contributed by atoms with E-state index in [4.69, 9.17) is 4.74 Å². The van der Waals surface area contributed by atoms with Gasteiger partial charge in [-0.05, 0) is 17.7 Å². The highest BCUT2D eigenvalue weighted by Gasteiger charge is 2.04. The molecule has 2 aromatic rings. The molecule has 2 N–H and O–H groups in total. The first-order valence-electron chi connectivity index (χ1n) is 7.82. The minimum Gasteiger partial charge on any atom is -0.492 e. The van der Waals surface area contributed by atoms with Crippen LogP contribution in [0, 0.1) is 0 Å². The van der Waals surface area contributed by atoms with Crippen LogP contribution >= 0.6 is 0 Å². The summed E-state index contributed by atoms with van der Waals surface area (Å²) in [5.41, 5.74) is 1.04. The minimum absolute atomic E-state index is 0.275. The summed E-state index contributed by atoms with van der Waals surface area (Å²) in [7, 11) is -0.987. The van der Waals surface area contributed by atoms with Crippen molar-refractivity contribution in [3.05, 3.63) is 66.2 Å². The zero-order valence-corrected chi connectivity index (χ0v) is 14.3. The minimum atomic E-state index is -0.987. The third-order valence-corrected chi connectivity index (χ3v) is 4.50. The molecule has 0 fully saturated rings. The Hall–Kier alpha value is -2.34. The maximum atomic E-state index is 11.9. The summed E-state index contributed by atoms with van der Waals surface area (Å²) in [6, 6.07) is 18.8. The monoisotopic (exact) mass is 346 g/mol. The van der Waals surface area contributed by atoms with Crippen LogP contribution in [-0.4, -0.2) is 35.7 Å². The SMILES string of the molecule is O=C(NCCOc1ccccc1)NCCS(=O)Cc1ccccc1. The molecule has 0 saturated heterocycles. The Bertz CT molecular complexity index is 635. The van der Waals surface area contributed by atoms with Gasteiger partial charge in [0.25, 0.3) is 0 Å². The molecule has 0 radical (unpaired) electrons. The summed E-state index contributed by atoms with van der Waals surface area (Å²) < 4.78 is 17.4. The van der Waals surface area contributed by atoms with Crippen LogP contribution in [0.1, 0.15) is 5.56 Å². The smallest absolute Gasteiger partial charge is 0.314 e. The molecule has 1 atom stereocenters. The quantitative estimate of drug-likeness (QED) is 0.685. The molecule has 128 valence electrons. The van der Waals surface area contributed by atoms with Crippen LogP contribution in [-0.2, 0) is 16.6 Å². The summed E-state index contributed by atoms with van der Waals surface area (Å²) in [6.45, 7) is 1.19. The second-order valence-electron chi connectivity index (χ2n) is 5.12. The third kappa shape index (κ3) is 7.28. The van der Waals surface area contributed by atoms with Gasteiger partial charge < -0.3 is 15.4 Å². The van der Waals surface area contributed by atoms with Crippen LogP contribution < -0.4 is 15.4 Å². The Morgan fingerprint density at radius 2 is 1.54 bits per heavy atom. The lowest BCUT2D eigenvalue weighted by atomic mass is 10.2. The van der Waals surface area contributed by atoms with E-state index in [9.17, 15) is 9.00 Å². The van der Waals surface area contributed by atoms with Gasteiger partial charge in [-0.3, -0.25) is 4.21 Å². The van der Waals surface area contributed by atoms with E-state index in [0.29, 0.717) is 31.2 Å². The van der Waals surface area contributed by atoms with Crippen LogP contribution in [0.4, 0.5) is 4.79 Å². The molecule has 0 aromatic heterocycles. The molecule has 0 heterocycles. The molecule has 2 rings (SSSR count). The third-order valence-electron chi connectivity index (χ3n) is 3.19. The van der Waals surface area contributed by atoms with Crippen molar-refractivity contribution in [1.82, 2.24) is 10.6 Å². The van der Waals surface area contributed by atoms with Crippen molar-refractivity contribution in [1.29, 1.82) is 0 Å². The van der Waals surface area contributed by atoms with E-state index in [-0.39, 0.29) is 6.03 Å². The summed E-state index contributed by atoms with van der Waals surface area (Å²) >= 11 is 0. The first-order chi connectivity index (χ1) is 11.7. The van der Waals surface area contributed by atoms with Gasteiger partial charge in [-0.25, -0.2) is 4.79 Å². The number of rotatable bonds is 9. The van der Waals surface area contributed by atoms with E-state index in [1.165, 1.54) is 0 Å². The van der Waals surface area contributed by atoms with Gasteiger partial charge in [-0.2, -0.15) is 0 Å². The van der Waals surface area contributed by atoms with Crippen LogP contribution in [0.3, 0.4) is 0 Å². The number of hydrogen-bond acceptors (Lipinski definition) is 3. The van der Waals surface area contributed by atoms with Gasteiger partial charge in [0.2, 0.25) is 0 Å². The van der Waals surface area contributed by atoms with Gasteiger partial charge in [0.05, 0.1) is 6.54 Å². The Morgan fingerprint density at radius 3 is 2.25 bits per heavy atom.